The Morgan fingerprint density at radius 2 is 2.21 bits per heavy atom. The monoisotopic (exact) mass is 363 g/mol. The molecule has 5 nitrogen and oxygen atoms in total. The zero-order valence-electron chi connectivity index (χ0n) is 14.0. The van der Waals surface area contributed by atoms with Gasteiger partial charge in [-0.15, -0.1) is 11.3 Å². The highest BCUT2D eigenvalue weighted by molar-refractivity contribution is 7.99. The summed E-state index contributed by atoms with van der Waals surface area (Å²) >= 11 is 3.03. The van der Waals surface area contributed by atoms with Crippen molar-refractivity contribution in [1.82, 2.24) is 14.5 Å². The maximum absolute atomic E-state index is 12.7. The van der Waals surface area contributed by atoms with Crippen LogP contribution in [0.15, 0.2) is 9.95 Å². The number of thiophene rings is 1. The molecule has 0 saturated heterocycles. The Kier molecular flexibility index (Phi) is 4.16. The molecule has 0 aliphatic heterocycles. The maximum atomic E-state index is 12.7. The molecule has 0 bridgehead atoms. The van der Waals surface area contributed by atoms with Gasteiger partial charge in [-0.25, -0.2) is 4.98 Å². The number of thioether (sulfide) groups is 1. The van der Waals surface area contributed by atoms with Gasteiger partial charge in [-0.2, -0.15) is 0 Å². The Labute approximate surface area is 149 Å². The molecule has 4 rings (SSSR count). The Morgan fingerprint density at radius 1 is 1.42 bits per heavy atom. The van der Waals surface area contributed by atoms with Crippen LogP contribution >= 0.6 is 23.1 Å². The van der Waals surface area contributed by atoms with Crippen LogP contribution in [0.5, 0.6) is 0 Å². The van der Waals surface area contributed by atoms with Crippen LogP contribution < -0.4 is 5.56 Å². The molecule has 2 aromatic rings. The maximum Gasteiger partial charge on any atom is 0.262 e. The molecule has 0 unspecified atom stereocenters. The predicted molar refractivity (Wildman–Crippen MR) is 98.0 cm³/mol. The van der Waals surface area contributed by atoms with E-state index >= 15 is 0 Å². The van der Waals surface area contributed by atoms with E-state index in [2.05, 4.69) is 0 Å². The summed E-state index contributed by atoms with van der Waals surface area (Å²) in [6.07, 6.45) is 5.43. The molecule has 24 heavy (non-hydrogen) atoms. The fourth-order valence-electron chi connectivity index (χ4n) is 3.47. The van der Waals surface area contributed by atoms with Crippen molar-refractivity contribution in [3.8, 4) is 0 Å². The van der Waals surface area contributed by atoms with E-state index in [1.54, 1.807) is 23.0 Å². The van der Waals surface area contributed by atoms with Crippen LogP contribution in [0.2, 0.25) is 0 Å². The summed E-state index contributed by atoms with van der Waals surface area (Å²) in [7, 11) is 1.76. The molecule has 1 amide bonds. The molecule has 0 N–H and O–H groups in total. The van der Waals surface area contributed by atoms with Crippen LogP contribution in [0, 0.1) is 0 Å². The number of carbonyl (C=O) groups excluding carboxylic acids is 1. The lowest BCUT2D eigenvalue weighted by molar-refractivity contribution is -0.128. The lowest BCUT2D eigenvalue weighted by Gasteiger charge is -2.20. The van der Waals surface area contributed by atoms with E-state index in [1.165, 1.54) is 22.2 Å². The van der Waals surface area contributed by atoms with Gasteiger partial charge in [-0.3, -0.25) is 14.2 Å². The van der Waals surface area contributed by atoms with Crippen LogP contribution in [0.1, 0.15) is 36.6 Å². The summed E-state index contributed by atoms with van der Waals surface area (Å²) in [5, 5.41) is 1.45. The molecule has 128 valence electrons. The molecule has 2 aliphatic carbocycles. The van der Waals surface area contributed by atoms with E-state index in [4.69, 9.17) is 4.98 Å². The van der Waals surface area contributed by atoms with Gasteiger partial charge in [0.25, 0.3) is 5.56 Å². The molecule has 1 saturated carbocycles. The summed E-state index contributed by atoms with van der Waals surface area (Å²) in [6.45, 7) is 2.78. The minimum Gasteiger partial charge on any atom is -0.339 e. The topological polar surface area (TPSA) is 55.2 Å². The fraction of sp³-hybridized carbons (Fsp3) is 0.588. The van der Waals surface area contributed by atoms with Crippen molar-refractivity contribution in [3.05, 3.63) is 20.8 Å². The van der Waals surface area contributed by atoms with Crippen molar-refractivity contribution in [2.75, 3.05) is 12.3 Å². The van der Waals surface area contributed by atoms with E-state index in [9.17, 15) is 9.59 Å². The molecule has 2 aliphatic rings. The van der Waals surface area contributed by atoms with E-state index in [0.29, 0.717) is 17.0 Å². The minimum absolute atomic E-state index is 0.0314. The second kappa shape index (κ2) is 6.19. The van der Waals surface area contributed by atoms with E-state index in [1.807, 2.05) is 11.8 Å². The largest absolute Gasteiger partial charge is 0.339 e. The van der Waals surface area contributed by atoms with Gasteiger partial charge in [-0.1, -0.05) is 11.8 Å². The second-order valence-electron chi connectivity index (χ2n) is 6.50. The van der Waals surface area contributed by atoms with Crippen molar-refractivity contribution in [1.29, 1.82) is 0 Å². The number of amides is 1. The van der Waals surface area contributed by atoms with Crippen molar-refractivity contribution < 1.29 is 4.79 Å². The highest BCUT2D eigenvalue weighted by Gasteiger charge is 2.31. The van der Waals surface area contributed by atoms with Gasteiger partial charge in [0.1, 0.15) is 4.83 Å². The van der Waals surface area contributed by atoms with E-state index in [0.717, 1.165) is 48.9 Å². The van der Waals surface area contributed by atoms with Gasteiger partial charge >= 0.3 is 0 Å². The average molecular weight is 364 g/mol. The molecule has 2 aromatic heterocycles. The molecule has 0 radical (unpaired) electrons. The first-order chi connectivity index (χ1) is 11.6. The van der Waals surface area contributed by atoms with Crippen LogP contribution in [0.25, 0.3) is 10.2 Å². The number of nitrogens with zero attached hydrogens (tertiary/aromatic N) is 3. The highest BCUT2D eigenvalue weighted by Crippen LogP contribution is 2.35. The summed E-state index contributed by atoms with van der Waals surface area (Å²) in [5.41, 5.74) is 1.24. The first-order valence-corrected chi connectivity index (χ1v) is 10.3. The van der Waals surface area contributed by atoms with E-state index < -0.39 is 0 Å². The second-order valence-corrected chi connectivity index (χ2v) is 8.52. The van der Waals surface area contributed by atoms with Crippen molar-refractivity contribution in [2.24, 2.45) is 7.05 Å². The van der Waals surface area contributed by atoms with Crippen molar-refractivity contribution in [3.63, 3.8) is 0 Å². The van der Waals surface area contributed by atoms with E-state index in [-0.39, 0.29) is 11.5 Å². The molecule has 2 heterocycles. The van der Waals surface area contributed by atoms with Crippen LogP contribution in [0.3, 0.4) is 0 Å². The molecule has 0 aromatic carbocycles. The molecule has 7 heteroatoms. The lowest BCUT2D eigenvalue weighted by atomic mass is 10.2. The fourth-order valence-corrected chi connectivity index (χ4v) is 5.63. The predicted octanol–water partition coefficient (Wildman–Crippen LogP) is 2.59. The first kappa shape index (κ1) is 16.1. The number of aromatic nitrogens is 2. The molecular weight excluding hydrogens is 342 g/mol. The van der Waals surface area contributed by atoms with Crippen molar-refractivity contribution in [2.45, 2.75) is 50.2 Å². The third-order valence-electron chi connectivity index (χ3n) is 4.88. The number of aryl methyl sites for hydroxylation is 2. The SMILES string of the molecule is CCN(C(=O)CSc1nc2sc3c(c2c(=O)n1C)CCC3)C1CC1. The Balaban J connectivity index is 1.59. The Hall–Kier alpha value is -1.34. The number of rotatable bonds is 5. The van der Waals surface area contributed by atoms with Gasteiger partial charge in [0.05, 0.1) is 11.1 Å². The summed E-state index contributed by atoms with van der Waals surface area (Å²) in [5.74, 6) is 0.495. The first-order valence-electron chi connectivity index (χ1n) is 8.53. The normalized spacial score (nSPS) is 16.6. The standard InChI is InChI=1S/C17H21N3O2S2/c1-3-20(10-7-8-10)13(21)9-23-17-18-15-14(16(22)19(17)2)11-5-4-6-12(11)24-15/h10H,3-9H2,1-2H3. The van der Waals surface area contributed by atoms with Crippen molar-refractivity contribution >= 4 is 39.2 Å². The van der Waals surface area contributed by atoms with Gasteiger partial charge in [0.15, 0.2) is 5.16 Å². The Morgan fingerprint density at radius 3 is 2.92 bits per heavy atom. The number of hydrogen-bond donors (Lipinski definition) is 0. The zero-order chi connectivity index (χ0) is 16.8. The quantitative estimate of drug-likeness (QED) is 0.605. The molecule has 0 spiro atoms. The van der Waals surface area contributed by atoms with Crippen LogP contribution in [-0.4, -0.2) is 38.7 Å². The van der Waals surface area contributed by atoms with Gasteiger partial charge in [0, 0.05) is 24.5 Å². The zero-order valence-corrected chi connectivity index (χ0v) is 15.6. The number of carbonyl (C=O) groups is 1. The average Bonchev–Trinajstić information content (AvgIpc) is 3.18. The third kappa shape index (κ3) is 2.67. The molecular formula is C17H21N3O2S2. The summed E-state index contributed by atoms with van der Waals surface area (Å²) in [6, 6.07) is 0.433. The molecule has 1 fully saturated rings. The van der Waals surface area contributed by atoms with Crippen LogP contribution in [0.4, 0.5) is 0 Å². The molecule has 0 atom stereocenters. The third-order valence-corrected chi connectivity index (χ3v) is 7.08. The number of fused-ring (bicyclic) bond motifs is 3. The summed E-state index contributed by atoms with van der Waals surface area (Å²) in [4.78, 5) is 33.9. The highest BCUT2D eigenvalue weighted by atomic mass is 32.2. The van der Waals surface area contributed by atoms with Crippen LogP contribution in [-0.2, 0) is 24.7 Å². The van der Waals surface area contributed by atoms with Gasteiger partial charge in [-0.05, 0) is 44.6 Å². The van der Waals surface area contributed by atoms with Gasteiger partial charge in [0.2, 0.25) is 5.91 Å². The lowest BCUT2D eigenvalue weighted by Crippen LogP contribution is -2.34. The van der Waals surface area contributed by atoms with Gasteiger partial charge < -0.3 is 4.90 Å². The minimum atomic E-state index is 0.0314. The Bertz CT molecular complexity index is 867. The smallest absolute Gasteiger partial charge is 0.262 e. The number of hydrogen-bond acceptors (Lipinski definition) is 5. The summed E-state index contributed by atoms with van der Waals surface area (Å²) < 4.78 is 1.61.